The summed E-state index contributed by atoms with van der Waals surface area (Å²) in [7, 11) is 3.34. The van der Waals surface area contributed by atoms with Gasteiger partial charge in [0.1, 0.15) is 17.0 Å². The Morgan fingerprint density at radius 1 is 1.17 bits per heavy atom. The molecular weight excluding hydrogens is 454 g/mol. The molecule has 0 aliphatic carbocycles. The first kappa shape index (κ1) is 22.4. The summed E-state index contributed by atoms with van der Waals surface area (Å²) in [6.07, 6.45) is 2.37. The Bertz CT molecular complexity index is 1330. The van der Waals surface area contributed by atoms with Crippen LogP contribution in [0, 0.1) is 0 Å². The fourth-order valence-electron chi connectivity index (χ4n) is 4.24. The van der Waals surface area contributed by atoms with Gasteiger partial charge >= 0.3 is 6.03 Å². The van der Waals surface area contributed by atoms with Crippen LogP contribution in [0.4, 0.5) is 4.79 Å². The minimum atomic E-state index is -1.54. The highest BCUT2D eigenvalue weighted by atomic mass is 16.5. The molecule has 2 fully saturated rings. The molecule has 1 atom stereocenters. The highest BCUT2D eigenvalue weighted by molar-refractivity contribution is 6.08. The van der Waals surface area contributed by atoms with Gasteiger partial charge in [0.25, 0.3) is 11.8 Å². The molecule has 35 heavy (non-hydrogen) atoms. The van der Waals surface area contributed by atoms with Crippen molar-refractivity contribution in [3.63, 3.8) is 0 Å². The van der Waals surface area contributed by atoms with E-state index in [2.05, 4.69) is 15.6 Å². The fourth-order valence-corrected chi connectivity index (χ4v) is 4.24. The van der Waals surface area contributed by atoms with Crippen LogP contribution < -0.4 is 15.4 Å². The summed E-state index contributed by atoms with van der Waals surface area (Å²) in [5.74, 6) is 0.235. The molecule has 3 aromatic rings. The van der Waals surface area contributed by atoms with E-state index in [1.807, 2.05) is 13.1 Å². The number of hydrogen-bond donors (Lipinski definition) is 2. The summed E-state index contributed by atoms with van der Waals surface area (Å²) in [5, 5.41) is 4.90. The molecule has 3 aliphatic heterocycles. The predicted octanol–water partition coefficient (Wildman–Crippen LogP) is 1.38. The van der Waals surface area contributed by atoms with Gasteiger partial charge in [-0.3, -0.25) is 24.7 Å². The summed E-state index contributed by atoms with van der Waals surface area (Å²) in [4.78, 5) is 55.4. The van der Waals surface area contributed by atoms with Gasteiger partial charge in [0, 0.05) is 44.4 Å². The molecule has 0 radical (unpaired) electrons. The molecule has 1 aromatic carbocycles. The predicted molar refractivity (Wildman–Crippen MR) is 122 cm³/mol. The topological polar surface area (TPSA) is 134 Å². The van der Waals surface area contributed by atoms with Crippen LogP contribution in [0.5, 0.6) is 5.75 Å². The Balaban J connectivity index is 0.000000371. The lowest BCUT2D eigenvalue weighted by Gasteiger charge is -2.28. The van der Waals surface area contributed by atoms with Gasteiger partial charge in [-0.25, -0.2) is 4.79 Å². The van der Waals surface area contributed by atoms with Crippen LogP contribution in [0.1, 0.15) is 28.1 Å². The number of carbonyl (C=O) groups excluding carboxylic acids is 4. The third kappa shape index (κ3) is 3.84. The minimum Gasteiger partial charge on any atom is -0.497 e. The zero-order valence-corrected chi connectivity index (χ0v) is 19.2. The summed E-state index contributed by atoms with van der Waals surface area (Å²) < 4.78 is 11.0. The van der Waals surface area contributed by atoms with Crippen LogP contribution in [0.2, 0.25) is 0 Å². The number of fused-ring (bicyclic) bond motifs is 2. The van der Waals surface area contributed by atoms with Crippen molar-refractivity contribution >= 4 is 34.9 Å². The van der Waals surface area contributed by atoms with Crippen molar-refractivity contribution < 1.29 is 28.3 Å². The van der Waals surface area contributed by atoms with E-state index >= 15 is 0 Å². The first-order valence-electron chi connectivity index (χ1n) is 11.0. The Morgan fingerprint density at radius 3 is 2.57 bits per heavy atom. The van der Waals surface area contributed by atoms with Gasteiger partial charge in [0.15, 0.2) is 11.1 Å². The van der Waals surface area contributed by atoms with Crippen LogP contribution in [0.25, 0.3) is 11.1 Å². The number of nitrogens with zero attached hydrogens (tertiary/aromatic N) is 3. The van der Waals surface area contributed by atoms with E-state index in [0.29, 0.717) is 29.0 Å². The number of methoxy groups -OCH3 is 1. The molecule has 0 saturated carbocycles. The van der Waals surface area contributed by atoms with Crippen molar-refractivity contribution in [2.75, 3.05) is 27.2 Å². The minimum absolute atomic E-state index is 0.0831. The molecule has 11 nitrogen and oxygen atoms in total. The number of amides is 5. The van der Waals surface area contributed by atoms with Gasteiger partial charge in [-0.15, -0.1) is 0 Å². The number of rotatable bonds is 4. The number of carbonyl (C=O) groups is 4. The van der Waals surface area contributed by atoms with E-state index in [1.165, 1.54) is 12.0 Å². The smallest absolute Gasteiger partial charge is 0.322 e. The van der Waals surface area contributed by atoms with E-state index in [-0.39, 0.29) is 24.1 Å². The van der Waals surface area contributed by atoms with Crippen molar-refractivity contribution in [3.05, 3.63) is 59.5 Å². The summed E-state index contributed by atoms with van der Waals surface area (Å²) in [5.41, 5.74) is 0.824. The van der Waals surface area contributed by atoms with Gasteiger partial charge in [0.2, 0.25) is 5.91 Å². The van der Waals surface area contributed by atoms with Crippen LogP contribution in [0.15, 0.2) is 47.0 Å². The number of β-lactam (4-membered cyclic amide) rings is 1. The van der Waals surface area contributed by atoms with Crippen molar-refractivity contribution in [3.8, 4) is 5.75 Å². The molecule has 180 valence electrons. The van der Waals surface area contributed by atoms with Crippen molar-refractivity contribution in [2.24, 2.45) is 0 Å². The molecule has 0 unspecified atom stereocenters. The van der Waals surface area contributed by atoms with Gasteiger partial charge < -0.3 is 24.3 Å². The number of pyridine rings is 1. The maximum absolute atomic E-state index is 13.0. The fraction of sp³-hybridized carbons (Fsp3) is 0.292. The zero-order valence-electron chi connectivity index (χ0n) is 19.2. The Hall–Kier alpha value is -4.41. The molecule has 6 rings (SSSR count). The number of imide groups is 1. The Labute approximate surface area is 200 Å². The highest BCUT2D eigenvalue weighted by Crippen LogP contribution is 2.34. The number of likely N-dealkylation sites (tertiary alicyclic amines) is 1. The average Bonchev–Trinajstić information content (AvgIpc) is 3.52. The SMILES string of the molecule is CN1CCC1=O.COc1ccc2c(c1)C(=O)N(C[C@@]1(c3cc4ncccc4o3)NC(=O)NC1=O)C2. The number of ether oxygens (including phenoxy) is 1. The molecule has 3 aliphatic rings. The van der Waals surface area contributed by atoms with Crippen LogP contribution in [0.3, 0.4) is 0 Å². The average molecular weight is 477 g/mol. The summed E-state index contributed by atoms with van der Waals surface area (Å²) in [6.45, 7) is 1.18. The second-order valence-corrected chi connectivity index (χ2v) is 8.56. The number of nitrogens with one attached hydrogen (secondary N) is 2. The zero-order chi connectivity index (χ0) is 24.7. The highest BCUT2D eigenvalue weighted by Gasteiger charge is 2.53. The Morgan fingerprint density at radius 2 is 1.97 bits per heavy atom. The summed E-state index contributed by atoms with van der Waals surface area (Å²) >= 11 is 0. The number of urea groups is 1. The van der Waals surface area contributed by atoms with Crippen molar-refractivity contribution in [1.82, 2.24) is 25.4 Å². The quantitative estimate of drug-likeness (QED) is 0.428. The molecule has 5 heterocycles. The molecule has 2 saturated heterocycles. The molecular formula is C24H23N5O6. The lowest BCUT2D eigenvalue weighted by Crippen LogP contribution is -2.52. The van der Waals surface area contributed by atoms with Gasteiger partial charge in [-0.2, -0.15) is 0 Å². The van der Waals surface area contributed by atoms with Gasteiger partial charge in [-0.05, 0) is 29.8 Å². The normalized spacial score (nSPS) is 20.7. The molecule has 2 aromatic heterocycles. The number of furan rings is 1. The number of aromatic nitrogens is 1. The lowest BCUT2D eigenvalue weighted by atomic mass is 9.95. The van der Waals surface area contributed by atoms with E-state index in [0.717, 1.165) is 18.5 Å². The lowest BCUT2D eigenvalue weighted by molar-refractivity contribution is -0.137. The van der Waals surface area contributed by atoms with E-state index in [9.17, 15) is 19.2 Å². The molecule has 0 spiro atoms. The number of hydrogen-bond acceptors (Lipinski definition) is 7. The van der Waals surface area contributed by atoms with Crippen molar-refractivity contribution in [1.29, 1.82) is 0 Å². The largest absolute Gasteiger partial charge is 0.497 e. The second-order valence-electron chi connectivity index (χ2n) is 8.56. The first-order chi connectivity index (χ1) is 16.8. The second kappa shape index (κ2) is 8.42. The van der Waals surface area contributed by atoms with Crippen LogP contribution in [-0.2, 0) is 21.7 Å². The number of benzene rings is 1. The van der Waals surface area contributed by atoms with E-state index in [1.54, 1.807) is 41.4 Å². The summed E-state index contributed by atoms with van der Waals surface area (Å²) in [6, 6.07) is 9.66. The van der Waals surface area contributed by atoms with Gasteiger partial charge in [0.05, 0.1) is 13.7 Å². The van der Waals surface area contributed by atoms with Crippen LogP contribution >= 0.6 is 0 Å². The molecule has 2 N–H and O–H groups in total. The Kier molecular flexibility index (Phi) is 5.39. The standard InChI is InChI=1S/C20H16N4O5.C4H7NO/c1-28-12-5-4-11-9-24(17(25)13(11)7-12)10-20(18(26)22-19(27)23-20)16-8-14-15(29-16)3-2-6-21-14;1-5-3-2-4(5)6/h2-8H,9-10H2,1H3,(H2,22,23,26,27);2-3H2,1H3/t20-;/m0./s1. The molecule has 0 bridgehead atoms. The third-order valence-corrected chi connectivity index (χ3v) is 6.36. The van der Waals surface area contributed by atoms with Crippen LogP contribution in [-0.4, -0.2) is 65.8 Å². The monoisotopic (exact) mass is 477 g/mol. The van der Waals surface area contributed by atoms with E-state index < -0.39 is 17.5 Å². The molecule has 5 amide bonds. The van der Waals surface area contributed by atoms with E-state index in [4.69, 9.17) is 9.15 Å². The first-order valence-corrected chi connectivity index (χ1v) is 11.0. The molecule has 11 heteroatoms. The maximum Gasteiger partial charge on any atom is 0.322 e. The van der Waals surface area contributed by atoms with Crippen molar-refractivity contribution in [2.45, 2.75) is 18.5 Å². The third-order valence-electron chi connectivity index (χ3n) is 6.36. The van der Waals surface area contributed by atoms with Gasteiger partial charge in [-0.1, -0.05) is 6.07 Å². The maximum atomic E-state index is 13.0.